The highest BCUT2D eigenvalue weighted by molar-refractivity contribution is 5.34. The Balaban J connectivity index is 2.10. The molecule has 1 nitrogen and oxygen atoms in total. The number of hydrogen-bond donors (Lipinski definition) is 1. The van der Waals surface area contributed by atoms with Crippen LogP contribution in [0.3, 0.4) is 0 Å². The average molecular weight is 189 g/mol. The zero-order valence-corrected chi connectivity index (χ0v) is 8.87. The summed E-state index contributed by atoms with van der Waals surface area (Å²) in [5.41, 5.74) is 8.80. The molecule has 0 bridgehead atoms. The van der Waals surface area contributed by atoms with Gasteiger partial charge in [-0.15, -0.1) is 0 Å². The third-order valence-electron chi connectivity index (χ3n) is 3.35. The second-order valence-electron chi connectivity index (χ2n) is 4.51. The van der Waals surface area contributed by atoms with Gasteiger partial charge in [-0.3, -0.25) is 0 Å². The minimum Gasteiger partial charge on any atom is -0.330 e. The van der Waals surface area contributed by atoms with Gasteiger partial charge < -0.3 is 5.73 Å². The predicted molar refractivity (Wildman–Crippen MR) is 60.3 cm³/mol. The maximum atomic E-state index is 5.67. The molecule has 0 heterocycles. The molecule has 2 atom stereocenters. The van der Waals surface area contributed by atoms with Crippen LogP contribution in [0.25, 0.3) is 0 Å². The lowest BCUT2D eigenvalue weighted by molar-refractivity contribution is 0.472. The maximum Gasteiger partial charge on any atom is -0.00513 e. The number of nitrogens with two attached hydrogens (primary N) is 1. The Labute approximate surface area is 86.3 Å². The fraction of sp³-hybridized carbons (Fsp3) is 0.538. The van der Waals surface area contributed by atoms with E-state index in [0.717, 1.165) is 12.5 Å². The van der Waals surface area contributed by atoms with E-state index < -0.39 is 0 Å². The zero-order chi connectivity index (χ0) is 9.97. The molecule has 1 aliphatic carbocycles. The molecule has 0 aliphatic heterocycles. The standard InChI is InChI=1S/C13H19N/c1-10(9-14)8-12-7-6-11-4-2-3-5-13(11)12/h2-5,10,12H,6-9,14H2,1H3. The first-order valence-corrected chi connectivity index (χ1v) is 5.59. The number of aryl methyl sites for hydroxylation is 1. The molecule has 0 fully saturated rings. The van der Waals surface area contributed by atoms with Gasteiger partial charge in [-0.2, -0.15) is 0 Å². The summed E-state index contributed by atoms with van der Waals surface area (Å²) in [6.45, 7) is 3.07. The van der Waals surface area contributed by atoms with Crippen molar-refractivity contribution >= 4 is 0 Å². The average Bonchev–Trinajstić information content (AvgIpc) is 2.62. The summed E-state index contributed by atoms with van der Waals surface area (Å²) in [5.74, 6) is 1.43. The Kier molecular flexibility index (Phi) is 2.87. The van der Waals surface area contributed by atoms with Crippen molar-refractivity contribution in [2.45, 2.75) is 32.1 Å². The van der Waals surface area contributed by atoms with E-state index in [4.69, 9.17) is 5.73 Å². The van der Waals surface area contributed by atoms with E-state index in [1.165, 1.54) is 19.3 Å². The van der Waals surface area contributed by atoms with Crippen LogP contribution in [-0.4, -0.2) is 6.54 Å². The van der Waals surface area contributed by atoms with E-state index in [-0.39, 0.29) is 0 Å². The van der Waals surface area contributed by atoms with E-state index in [1.54, 1.807) is 11.1 Å². The smallest absolute Gasteiger partial charge is 0.00513 e. The molecule has 76 valence electrons. The Morgan fingerprint density at radius 1 is 1.43 bits per heavy atom. The zero-order valence-electron chi connectivity index (χ0n) is 8.87. The van der Waals surface area contributed by atoms with Crippen molar-refractivity contribution in [3.05, 3.63) is 35.4 Å². The van der Waals surface area contributed by atoms with Crippen LogP contribution in [0.5, 0.6) is 0 Å². The molecule has 2 rings (SSSR count). The van der Waals surface area contributed by atoms with Gasteiger partial charge >= 0.3 is 0 Å². The molecule has 2 unspecified atom stereocenters. The molecular formula is C13H19N. The van der Waals surface area contributed by atoms with E-state index in [1.807, 2.05) is 0 Å². The van der Waals surface area contributed by atoms with Crippen LogP contribution in [0.4, 0.5) is 0 Å². The molecular weight excluding hydrogens is 170 g/mol. The highest BCUT2D eigenvalue weighted by atomic mass is 14.5. The quantitative estimate of drug-likeness (QED) is 0.777. The molecule has 1 aliphatic rings. The first-order valence-electron chi connectivity index (χ1n) is 5.59. The number of rotatable bonds is 3. The molecule has 1 aromatic rings. The molecule has 0 saturated carbocycles. The summed E-state index contributed by atoms with van der Waals surface area (Å²) >= 11 is 0. The van der Waals surface area contributed by atoms with Crippen molar-refractivity contribution in [3.63, 3.8) is 0 Å². The molecule has 0 spiro atoms. The van der Waals surface area contributed by atoms with E-state index in [2.05, 4.69) is 31.2 Å². The number of hydrogen-bond acceptors (Lipinski definition) is 1. The summed E-state index contributed by atoms with van der Waals surface area (Å²) in [4.78, 5) is 0. The lowest BCUT2D eigenvalue weighted by atomic mass is 9.91. The van der Waals surface area contributed by atoms with Gasteiger partial charge in [-0.25, -0.2) is 0 Å². The van der Waals surface area contributed by atoms with E-state index in [0.29, 0.717) is 5.92 Å². The van der Waals surface area contributed by atoms with Crippen molar-refractivity contribution < 1.29 is 0 Å². The Bertz CT molecular complexity index is 306. The summed E-state index contributed by atoms with van der Waals surface area (Å²) in [5, 5.41) is 0. The Morgan fingerprint density at radius 2 is 2.21 bits per heavy atom. The van der Waals surface area contributed by atoms with E-state index >= 15 is 0 Å². The summed E-state index contributed by atoms with van der Waals surface area (Å²) in [7, 11) is 0. The number of benzene rings is 1. The van der Waals surface area contributed by atoms with Gasteiger partial charge in [0.05, 0.1) is 0 Å². The topological polar surface area (TPSA) is 26.0 Å². The first-order chi connectivity index (χ1) is 6.81. The Morgan fingerprint density at radius 3 is 3.00 bits per heavy atom. The van der Waals surface area contributed by atoms with Gasteiger partial charge in [0.25, 0.3) is 0 Å². The summed E-state index contributed by atoms with van der Waals surface area (Å²) in [6, 6.07) is 8.86. The lowest BCUT2D eigenvalue weighted by Gasteiger charge is -2.15. The largest absolute Gasteiger partial charge is 0.330 e. The van der Waals surface area contributed by atoms with Gasteiger partial charge in [0.15, 0.2) is 0 Å². The van der Waals surface area contributed by atoms with Gasteiger partial charge in [-0.1, -0.05) is 31.2 Å². The van der Waals surface area contributed by atoms with Crippen molar-refractivity contribution in [1.82, 2.24) is 0 Å². The van der Waals surface area contributed by atoms with Gasteiger partial charge in [-0.05, 0) is 48.8 Å². The molecule has 0 saturated heterocycles. The lowest BCUT2D eigenvalue weighted by Crippen LogP contribution is -2.13. The SMILES string of the molecule is CC(CN)CC1CCc2ccccc21. The molecule has 0 aromatic heterocycles. The fourth-order valence-corrected chi connectivity index (χ4v) is 2.47. The molecule has 1 aromatic carbocycles. The van der Waals surface area contributed by atoms with Crippen LogP contribution in [0.2, 0.25) is 0 Å². The third kappa shape index (κ3) is 1.83. The van der Waals surface area contributed by atoms with Gasteiger partial charge in [0.2, 0.25) is 0 Å². The van der Waals surface area contributed by atoms with Crippen LogP contribution >= 0.6 is 0 Å². The summed E-state index contributed by atoms with van der Waals surface area (Å²) < 4.78 is 0. The molecule has 2 N–H and O–H groups in total. The minimum atomic E-state index is 0.658. The van der Waals surface area contributed by atoms with Crippen molar-refractivity contribution in [2.75, 3.05) is 6.54 Å². The Hall–Kier alpha value is -0.820. The predicted octanol–water partition coefficient (Wildman–Crippen LogP) is 2.70. The maximum absolute atomic E-state index is 5.67. The molecule has 0 radical (unpaired) electrons. The van der Waals surface area contributed by atoms with E-state index in [9.17, 15) is 0 Å². The van der Waals surface area contributed by atoms with Gasteiger partial charge in [0, 0.05) is 0 Å². The highest BCUT2D eigenvalue weighted by Crippen LogP contribution is 2.36. The van der Waals surface area contributed by atoms with Gasteiger partial charge in [0.1, 0.15) is 0 Å². The van der Waals surface area contributed by atoms with Crippen LogP contribution < -0.4 is 5.73 Å². The molecule has 1 heteroatoms. The molecule has 0 amide bonds. The van der Waals surface area contributed by atoms with Crippen molar-refractivity contribution in [1.29, 1.82) is 0 Å². The number of fused-ring (bicyclic) bond motifs is 1. The molecule has 14 heavy (non-hydrogen) atoms. The summed E-state index contributed by atoms with van der Waals surface area (Å²) in [6.07, 6.45) is 3.84. The van der Waals surface area contributed by atoms with Crippen LogP contribution in [-0.2, 0) is 6.42 Å². The third-order valence-corrected chi connectivity index (χ3v) is 3.35. The van der Waals surface area contributed by atoms with Crippen molar-refractivity contribution in [2.24, 2.45) is 11.7 Å². The van der Waals surface area contributed by atoms with Crippen LogP contribution in [0.15, 0.2) is 24.3 Å². The monoisotopic (exact) mass is 189 g/mol. The second-order valence-corrected chi connectivity index (χ2v) is 4.51. The first kappa shape index (κ1) is 9.72. The highest BCUT2D eigenvalue weighted by Gasteiger charge is 2.22. The normalized spacial score (nSPS) is 22.0. The van der Waals surface area contributed by atoms with Crippen molar-refractivity contribution in [3.8, 4) is 0 Å². The second kappa shape index (κ2) is 4.14. The fourth-order valence-electron chi connectivity index (χ4n) is 2.47. The van der Waals surface area contributed by atoms with Crippen LogP contribution in [0.1, 0.15) is 36.8 Å². The van der Waals surface area contributed by atoms with Crippen LogP contribution in [0, 0.1) is 5.92 Å². The minimum absolute atomic E-state index is 0.658.